The Hall–Kier alpha value is -3.48. The number of benzene rings is 2. The fraction of sp³-hybridized carbons (Fsp3) is 0.304. The summed E-state index contributed by atoms with van der Waals surface area (Å²) in [5, 5.41) is 0. The van der Waals surface area contributed by atoms with Gasteiger partial charge >= 0.3 is 5.97 Å². The first-order chi connectivity index (χ1) is 14.5. The van der Waals surface area contributed by atoms with Crippen molar-refractivity contribution in [2.24, 2.45) is 0 Å². The number of ether oxygens (including phenoxy) is 5. The van der Waals surface area contributed by atoms with Crippen molar-refractivity contribution in [1.82, 2.24) is 0 Å². The summed E-state index contributed by atoms with van der Waals surface area (Å²) in [6, 6.07) is 10.2. The second kappa shape index (κ2) is 9.82. The van der Waals surface area contributed by atoms with Crippen LogP contribution in [-0.2, 0) is 9.53 Å². The monoisotopic (exact) mass is 412 g/mol. The summed E-state index contributed by atoms with van der Waals surface area (Å²) in [6.07, 6.45) is 1.90. The zero-order valence-corrected chi connectivity index (χ0v) is 17.2. The average Bonchev–Trinajstić information content (AvgIpc) is 2.77. The Morgan fingerprint density at radius 1 is 1.13 bits per heavy atom. The van der Waals surface area contributed by atoms with Crippen molar-refractivity contribution in [1.29, 1.82) is 0 Å². The van der Waals surface area contributed by atoms with E-state index in [1.807, 2.05) is 6.92 Å². The molecule has 0 amide bonds. The van der Waals surface area contributed by atoms with Gasteiger partial charge < -0.3 is 23.7 Å². The lowest BCUT2D eigenvalue weighted by Crippen LogP contribution is -2.23. The van der Waals surface area contributed by atoms with Gasteiger partial charge in [-0.25, -0.2) is 4.79 Å². The largest absolute Gasteiger partial charge is 0.494 e. The molecule has 2 aromatic rings. The maximum Gasteiger partial charge on any atom is 0.331 e. The number of carbonyl (C=O) groups is 2. The molecule has 0 unspecified atom stereocenters. The summed E-state index contributed by atoms with van der Waals surface area (Å²) in [4.78, 5) is 24.7. The number of methoxy groups -OCH3 is 1. The third-order valence-electron chi connectivity index (χ3n) is 4.37. The molecular weight excluding hydrogens is 388 g/mol. The molecule has 158 valence electrons. The Morgan fingerprint density at radius 2 is 1.87 bits per heavy atom. The van der Waals surface area contributed by atoms with Crippen LogP contribution in [0.3, 0.4) is 0 Å². The molecule has 1 atom stereocenters. The van der Waals surface area contributed by atoms with Crippen LogP contribution in [0.4, 0.5) is 0 Å². The molecule has 1 aliphatic rings. The van der Waals surface area contributed by atoms with Crippen LogP contribution in [0.5, 0.6) is 23.0 Å². The molecule has 0 saturated heterocycles. The van der Waals surface area contributed by atoms with E-state index in [-0.39, 0.29) is 5.78 Å². The second-order valence-corrected chi connectivity index (χ2v) is 6.48. The summed E-state index contributed by atoms with van der Waals surface area (Å²) in [5.41, 5.74) is 1.12. The molecule has 0 saturated carbocycles. The third kappa shape index (κ3) is 5.11. The van der Waals surface area contributed by atoms with Crippen LogP contribution in [0.25, 0.3) is 6.08 Å². The highest BCUT2D eigenvalue weighted by Gasteiger charge is 2.20. The molecular formula is C23H24O7. The quantitative estimate of drug-likeness (QED) is 0.372. The van der Waals surface area contributed by atoms with E-state index in [0.717, 1.165) is 0 Å². The van der Waals surface area contributed by atoms with Crippen LogP contribution >= 0.6 is 0 Å². The van der Waals surface area contributed by atoms with Crippen molar-refractivity contribution >= 4 is 17.8 Å². The summed E-state index contributed by atoms with van der Waals surface area (Å²) >= 11 is 0. The van der Waals surface area contributed by atoms with E-state index in [4.69, 9.17) is 23.7 Å². The summed E-state index contributed by atoms with van der Waals surface area (Å²) in [6.45, 7) is 4.86. The van der Waals surface area contributed by atoms with Crippen LogP contribution in [0.15, 0.2) is 42.5 Å². The summed E-state index contributed by atoms with van der Waals surface area (Å²) in [7, 11) is 1.53. The van der Waals surface area contributed by atoms with Gasteiger partial charge in [0.2, 0.25) is 11.5 Å². The lowest BCUT2D eigenvalue weighted by molar-refractivity contribution is -0.140. The standard InChI is InChI=1S/C23H24O7/c1-4-27-18-8-6-17(7-9-18)22(25)15(2)30-21(24)10-5-16-13-19(26-3)23-20(14-16)28-11-12-29-23/h5-10,13-15H,4,11-12H2,1-3H3/b10-5+/t15-/m1/s1. The Bertz CT molecular complexity index is 914. The molecule has 0 fully saturated rings. The van der Waals surface area contributed by atoms with Gasteiger partial charge in [0.15, 0.2) is 17.6 Å². The van der Waals surface area contributed by atoms with Gasteiger partial charge in [0, 0.05) is 11.6 Å². The van der Waals surface area contributed by atoms with Gasteiger partial charge in [0.1, 0.15) is 19.0 Å². The number of hydrogen-bond acceptors (Lipinski definition) is 7. The molecule has 0 radical (unpaired) electrons. The van der Waals surface area contributed by atoms with Gasteiger partial charge in [-0.15, -0.1) is 0 Å². The second-order valence-electron chi connectivity index (χ2n) is 6.48. The smallest absolute Gasteiger partial charge is 0.331 e. The topological polar surface area (TPSA) is 80.3 Å². The fourth-order valence-electron chi connectivity index (χ4n) is 2.94. The molecule has 1 heterocycles. The number of esters is 1. The molecule has 0 spiro atoms. The summed E-state index contributed by atoms with van der Waals surface area (Å²) < 4.78 is 27.1. The molecule has 7 heteroatoms. The van der Waals surface area contributed by atoms with Gasteiger partial charge in [-0.3, -0.25) is 4.79 Å². The molecule has 0 bridgehead atoms. The van der Waals surface area contributed by atoms with Crippen LogP contribution < -0.4 is 18.9 Å². The Morgan fingerprint density at radius 3 is 2.57 bits per heavy atom. The predicted octanol–water partition coefficient (Wildman–Crippen LogP) is 3.69. The average molecular weight is 412 g/mol. The minimum atomic E-state index is -0.921. The number of Topliss-reactive ketones (excluding diaryl/α,β-unsaturated/α-hetero) is 1. The highest BCUT2D eigenvalue weighted by molar-refractivity contribution is 6.01. The molecule has 2 aromatic carbocycles. The normalized spacial score (nSPS) is 13.6. The molecule has 0 aliphatic carbocycles. The van der Waals surface area contributed by atoms with Crippen molar-refractivity contribution in [2.45, 2.75) is 20.0 Å². The van der Waals surface area contributed by atoms with E-state index >= 15 is 0 Å². The lowest BCUT2D eigenvalue weighted by Gasteiger charge is -2.20. The van der Waals surface area contributed by atoms with E-state index in [2.05, 4.69) is 0 Å². The predicted molar refractivity (Wildman–Crippen MR) is 111 cm³/mol. The van der Waals surface area contributed by atoms with Crippen LogP contribution in [0, 0.1) is 0 Å². The number of carbonyl (C=O) groups excluding carboxylic acids is 2. The van der Waals surface area contributed by atoms with E-state index < -0.39 is 12.1 Å². The van der Waals surface area contributed by atoms with Crippen LogP contribution in [-0.4, -0.2) is 44.8 Å². The first-order valence-corrected chi connectivity index (χ1v) is 9.65. The van der Waals surface area contributed by atoms with Crippen molar-refractivity contribution in [3.63, 3.8) is 0 Å². The lowest BCUT2D eigenvalue weighted by atomic mass is 10.1. The van der Waals surface area contributed by atoms with Crippen molar-refractivity contribution < 1.29 is 33.3 Å². The number of rotatable bonds is 8. The zero-order valence-electron chi connectivity index (χ0n) is 17.2. The molecule has 3 rings (SSSR count). The number of fused-ring (bicyclic) bond motifs is 1. The van der Waals surface area contributed by atoms with Crippen molar-refractivity contribution in [3.8, 4) is 23.0 Å². The maximum atomic E-state index is 12.5. The first-order valence-electron chi connectivity index (χ1n) is 9.65. The van der Waals surface area contributed by atoms with Crippen LogP contribution in [0.1, 0.15) is 29.8 Å². The molecule has 30 heavy (non-hydrogen) atoms. The Labute approximate surface area is 175 Å². The van der Waals surface area contributed by atoms with Gasteiger partial charge in [-0.05, 0) is 61.9 Å². The number of ketones is 1. The fourth-order valence-corrected chi connectivity index (χ4v) is 2.94. The van der Waals surface area contributed by atoms with Crippen molar-refractivity contribution in [3.05, 3.63) is 53.6 Å². The van der Waals surface area contributed by atoms with Gasteiger partial charge in [-0.2, -0.15) is 0 Å². The third-order valence-corrected chi connectivity index (χ3v) is 4.37. The first kappa shape index (κ1) is 21.2. The zero-order chi connectivity index (χ0) is 21.5. The minimum Gasteiger partial charge on any atom is -0.494 e. The van der Waals surface area contributed by atoms with Gasteiger partial charge in [0.05, 0.1) is 13.7 Å². The van der Waals surface area contributed by atoms with Crippen LogP contribution in [0.2, 0.25) is 0 Å². The maximum absolute atomic E-state index is 12.5. The molecule has 7 nitrogen and oxygen atoms in total. The van der Waals surface area contributed by atoms with Gasteiger partial charge in [-0.1, -0.05) is 0 Å². The van der Waals surface area contributed by atoms with Gasteiger partial charge in [0.25, 0.3) is 0 Å². The molecule has 0 aromatic heterocycles. The molecule has 1 aliphatic heterocycles. The van der Waals surface area contributed by atoms with E-state index in [1.165, 1.54) is 20.1 Å². The highest BCUT2D eigenvalue weighted by Crippen LogP contribution is 2.40. The molecule has 0 N–H and O–H groups in total. The van der Waals surface area contributed by atoms with E-state index in [0.29, 0.717) is 53.9 Å². The SMILES string of the molecule is CCOc1ccc(C(=O)[C@@H](C)OC(=O)/C=C/c2cc(OC)c3c(c2)OCCO3)cc1. The Balaban J connectivity index is 1.63. The van der Waals surface area contributed by atoms with Crippen molar-refractivity contribution in [2.75, 3.05) is 26.9 Å². The summed E-state index contributed by atoms with van der Waals surface area (Å²) in [5.74, 6) is 1.36. The highest BCUT2D eigenvalue weighted by atomic mass is 16.6. The Kier molecular flexibility index (Phi) is 6.95. The minimum absolute atomic E-state index is 0.291. The number of hydrogen-bond donors (Lipinski definition) is 0. The van der Waals surface area contributed by atoms with E-state index in [1.54, 1.807) is 42.5 Å². The van der Waals surface area contributed by atoms with E-state index in [9.17, 15) is 9.59 Å².